The number of rotatable bonds is 6. The predicted octanol–water partition coefficient (Wildman–Crippen LogP) is 2.20. The number of carboxylic acids is 1. The number of ether oxygens (including phenoxy) is 1. The predicted molar refractivity (Wildman–Crippen MR) is 64.1 cm³/mol. The number of aromatic hydroxyl groups is 1. The summed E-state index contributed by atoms with van der Waals surface area (Å²) >= 11 is 0. The number of phenolic OH excluding ortho intramolecular Hbond substituents is 1. The van der Waals surface area contributed by atoms with Gasteiger partial charge in [0, 0.05) is 6.42 Å². The second kappa shape index (κ2) is 6.25. The molecule has 4 nitrogen and oxygen atoms in total. The Hall–Kier alpha value is -1.55. The number of hydrogen-bond acceptors (Lipinski definition) is 3. The quantitative estimate of drug-likeness (QED) is 0.797. The van der Waals surface area contributed by atoms with E-state index in [4.69, 9.17) is 9.84 Å². The molecule has 1 unspecified atom stereocenters. The molecule has 17 heavy (non-hydrogen) atoms. The Kier molecular flexibility index (Phi) is 4.97. The average Bonchev–Trinajstić information content (AvgIpc) is 2.27. The minimum Gasteiger partial charge on any atom is -0.508 e. The molecule has 0 fully saturated rings. The summed E-state index contributed by atoms with van der Waals surface area (Å²) in [5.41, 5.74) is 0.751. The molecule has 1 rings (SSSR count). The first-order chi connectivity index (χ1) is 8.02. The van der Waals surface area contributed by atoms with Gasteiger partial charge in [0.25, 0.3) is 0 Å². The SMILES string of the molecule is CCC(C)O[C@H](Cc1cccc(O)c1)C(=O)O. The van der Waals surface area contributed by atoms with Gasteiger partial charge in [-0.05, 0) is 31.0 Å². The molecular weight excluding hydrogens is 220 g/mol. The van der Waals surface area contributed by atoms with Gasteiger partial charge in [-0.1, -0.05) is 19.1 Å². The summed E-state index contributed by atoms with van der Waals surface area (Å²) in [5, 5.41) is 18.4. The zero-order chi connectivity index (χ0) is 12.8. The van der Waals surface area contributed by atoms with Crippen LogP contribution in [-0.4, -0.2) is 28.4 Å². The smallest absolute Gasteiger partial charge is 0.333 e. The van der Waals surface area contributed by atoms with Crippen molar-refractivity contribution in [3.05, 3.63) is 29.8 Å². The number of hydrogen-bond donors (Lipinski definition) is 2. The van der Waals surface area contributed by atoms with E-state index in [0.717, 1.165) is 12.0 Å². The topological polar surface area (TPSA) is 66.8 Å². The Bertz CT molecular complexity index is 375. The fourth-order valence-corrected chi connectivity index (χ4v) is 1.47. The van der Waals surface area contributed by atoms with Crippen molar-refractivity contribution in [3.63, 3.8) is 0 Å². The molecule has 0 amide bonds. The van der Waals surface area contributed by atoms with Crippen molar-refractivity contribution in [3.8, 4) is 5.75 Å². The van der Waals surface area contributed by atoms with Gasteiger partial charge in [-0.25, -0.2) is 4.79 Å². The van der Waals surface area contributed by atoms with Gasteiger partial charge in [0.15, 0.2) is 6.10 Å². The van der Waals surface area contributed by atoms with Crippen molar-refractivity contribution in [1.82, 2.24) is 0 Å². The van der Waals surface area contributed by atoms with E-state index in [9.17, 15) is 9.90 Å². The highest BCUT2D eigenvalue weighted by atomic mass is 16.5. The van der Waals surface area contributed by atoms with Gasteiger partial charge in [-0.2, -0.15) is 0 Å². The van der Waals surface area contributed by atoms with E-state index in [1.54, 1.807) is 24.3 Å². The third-order valence-corrected chi connectivity index (χ3v) is 2.58. The largest absolute Gasteiger partial charge is 0.508 e. The maximum atomic E-state index is 11.1. The lowest BCUT2D eigenvalue weighted by Crippen LogP contribution is -2.29. The van der Waals surface area contributed by atoms with Crippen molar-refractivity contribution < 1.29 is 19.7 Å². The Morgan fingerprint density at radius 1 is 1.47 bits per heavy atom. The number of benzene rings is 1. The van der Waals surface area contributed by atoms with Gasteiger partial charge in [0.1, 0.15) is 5.75 Å². The minimum atomic E-state index is -0.978. The van der Waals surface area contributed by atoms with Crippen LogP contribution in [-0.2, 0) is 16.0 Å². The molecule has 0 aliphatic carbocycles. The van der Waals surface area contributed by atoms with Gasteiger partial charge in [0.05, 0.1) is 6.10 Å². The van der Waals surface area contributed by atoms with E-state index >= 15 is 0 Å². The summed E-state index contributed by atoms with van der Waals surface area (Å²) in [4.78, 5) is 11.1. The van der Waals surface area contributed by atoms with Crippen LogP contribution in [0.3, 0.4) is 0 Å². The molecule has 0 saturated heterocycles. The monoisotopic (exact) mass is 238 g/mol. The molecule has 0 aliphatic heterocycles. The van der Waals surface area contributed by atoms with Crippen LogP contribution in [0.1, 0.15) is 25.8 Å². The minimum absolute atomic E-state index is 0.0894. The van der Waals surface area contributed by atoms with E-state index in [1.165, 1.54) is 0 Å². The van der Waals surface area contributed by atoms with Crippen LogP contribution < -0.4 is 0 Å². The molecule has 0 bridgehead atoms. The summed E-state index contributed by atoms with van der Waals surface area (Å²) in [6.45, 7) is 3.79. The van der Waals surface area contributed by atoms with Gasteiger partial charge < -0.3 is 14.9 Å². The van der Waals surface area contributed by atoms with E-state index in [1.807, 2.05) is 13.8 Å². The van der Waals surface area contributed by atoms with Crippen molar-refractivity contribution in [2.45, 2.75) is 38.9 Å². The van der Waals surface area contributed by atoms with Crippen molar-refractivity contribution in [2.75, 3.05) is 0 Å². The molecule has 0 radical (unpaired) electrons. The number of aliphatic carboxylic acids is 1. The first-order valence-electron chi connectivity index (χ1n) is 5.69. The van der Waals surface area contributed by atoms with E-state index < -0.39 is 12.1 Å². The summed E-state index contributed by atoms with van der Waals surface area (Å²) in [6, 6.07) is 6.56. The zero-order valence-electron chi connectivity index (χ0n) is 10.1. The van der Waals surface area contributed by atoms with E-state index in [0.29, 0.717) is 0 Å². The molecule has 1 aromatic carbocycles. The maximum Gasteiger partial charge on any atom is 0.333 e. The summed E-state index contributed by atoms with van der Waals surface area (Å²) in [5.74, 6) is -0.844. The Morgan fingerprint density at radius 3 is 2.71 bits per heavy atom. The Morgan fingerprint density at radius 2 is 2.18 bits per heavy atom. The van der Waals surface area contributed by atoms with Gasteiger partial charge in [-0.3, -0.25) is 0 Å². The van der Waals surface area contributed by atoms with Gasteiger partial charge in [-0.15, -0.1) is 0 Å². The van der Waals surface area contributed by atoms with Crippen LogP contribution in [0.4, 0.5) is 0 Å². The molecule has 0 heterocycles. The van der Waals surface area contributed by atoms with Crippen LogP contribution in [0.25, 0.3) is 0 Å². The van der Waals surface area contributed by atoms with E-state index in [2.05, 4.69) is 0 Å². The van der Waals surface area contributed by atoms with Crippen LogP contribution in [0.2, 0.25) is 0 Å². The molecule has 1 aromatic rings. The van der Waals surface area contributed by atoms with Crippen LogP contribution >= 0.6 is 0 Å². The second-order valence-electron chi connectivity index (χ2n) is 4.06. The standard InChI is InChI=1S/C13H18O4/c1-3-9(2)17-12(13(15)16)8-10-5-4-6-11(14)7-10/h4-7,9,12,14H,3,8H2,1-2H3,(H,15,16)/t9?,12-/m1/s1. The molecule has 0 saturated carbocycles. The number of carbonyl (C=O) groups is 1. The lowest BCUT2D eigenvalue weighted by atomic mass is 10.1. The fraction of sp³-hybridized carbons (Fsp3) is 0.462. The van der Waals surface area contributed by atoms with Crippen molar-refractivity contribution in [1.29, 1.82) is 0 Å². The Balaban J connectivity index is 2.70. The van der Waals surface area contributed by atoms with Crippen LogP contribution in [0.15, 0.2) is 24.3 Å². The van der Waals surface area contributed by atoms with Gasteiger partial charge in [0.2, 0.25) is 0 Å². The lowest BCUT2D eigenvalue weighted by molar-refractivity contribution is -0.153. The summed E-state index contributed by atoms with van der Waals surface area (Å²) in [6.07, 6.45) is 0.0675. The van der Waals surface area contributed by atoms with Crippen molar-refractivity contribution in [2.24, 2.45) is 0 Å². The third-order valence-electron chi connectivity index (χ3n) is 2.58. The highest BCUT2D eigenvalue weighted by Gasteiger charge is 2.20. The highest BCUT2D eigenvalue weighted by molar-refractivity contribution is 5.72. The molecule has 2 atom stereocenters. The summed E-state index contributed by atoms with van der Waals surface area (Å²) in [7, 11) is 0. The summed E-state index contributed by atoms with van der Waals surface area (Å²) < 4.78 is 5.42. The maximum absolute atomic E-state index is 11.1. The lowest BCUT2D eigenvalue weighted by Gasteiger charge is -2.18. The molecular formula is C13H18O4. The second-order valence-corrected chi connectivity index (χ2v) is 4.06. The zero-order valence-corrected chi connectivity index (χ0v) is 10.1. The molecule has 94 valence electrons. The fourth-order valence-electron chi connectivity index (χ4n) is 1.47. The third kappa shape index (κ3) is 4.44. The normalized spacial score (nSPS) is 14.2. The Labute approximate surface area is 101 Å². The molecule has 0 spiro atoms. The molecule has 2 N–H and O–H groups in total. The molecule has 0 aromatic heterocycles. The van der Waals surface area contributed by atoms with E-state index in [-0.39, 0.29) is 18.3 Å². The van der Waals surface area contributed by atoms with Gasteiger partial charge >= 0.3 is 5.97 Å². The first kappa shape index (κ1) is 13.5. The highest BCUT2D eigenvalue weighted by Crippen LogP contribution is 2.15. The number of carboxylic acid groups (broad SMARTS) is 1. The molecule has 4 heteroatoms. The van der Waals surface area contributed by atoms with Crippen LogP contribution in [0.5, 0.6) is 5.75 Å². The van der Waals surface area contributed by atoms with Crippen LogP contribution in [0, 0.1) is 0 Å². The number of phenols is 1. The average molecular weight is 238 g/mol. The molecule has 0 aliphatic rings. The first-order valence-corrected chi connectivity index (χ1v) is 5.69. The van der Waals surface area contributed by atoms with Crippen molar-refractivity contribution >= 4 is 5.97 Å².